The summed E-state index contributed by atoms with van der Waals surface area (Å²) in [6.45, 7) is 0. The number of benzene rings is 8. The summed E-state index contributed by atoms with van der Waals surface area (Å²) < 4.78 is 149. The van der Waals surface area contributed by atoms with Gasteiger partial charge in [0.2, 0.25) is 0 Å². The topological polar surface area (TPSA) is 55.1 Å². The van der Waals surface area contributed by atoms with E-state index in [9.17, 15) is 5.48 Å². The van der Waals surface area contributed by atoms with Crippen LogP contribution in [-0.4, -0.2) is 15.0 Å². The fourth-order valence-electron chi connectivity index (χ4n) is 6.45. The summed E-state index contributed by atoms with van der Waals surface area (Å²) in [5, 5.41) is 0.336. The van der Waals surface area contributed by atoms with Crippen molar-refractivity contribution in [2.75, 3.05) is 4.90 Å². The Labute approximate surface area is 335 Å². The molecule has 5 heteroatoms. The minimum absolute atomic E-state index is 0.156. The van der Waals surface area contributed by atoms with E-state index in [1.807, 2.05) is 66.7 Å². The molecule has 0 atom stereocenters. The van der Waals surface area contributed by atoms with E-state index < -0.39 is 119 Å². The fourth-order valence-corrected chi connectivity index (χ4v) is 6.45. The molecule has 0 saturated heterocycles. The van der Waals surface area contributed by atoms with Gasteiger partial charge in [-0.15, -0.1) is 0 Å². The van der Waals surface area contributed by atoms with Crippen LogP contribution < -0.4 is 4.90 Å². The molecule has 0 radical (unpaired) electrons. The van der Waals surface area contributed by atoms with Gasteiger partial charge in [0.25, 0.3) is 0 Å². The average molecular weight is 709 g/mol. The van der Waals surface area contributed by atoms with E-state index in [1.165, 1.54) is 0 Å². The third-order valence-corrected chi connectivity index (χ3v) is 8.85. The number of nitrogens with zero attached hydrogens (tertiary/aromatic N) is 4. The number of para-hydroxylation sites is 2. The fraction of sp³-hybridized carbons (Fsp3) is 0. The molecule has 0 bridgehead atoms. The largest absolute Gasteiger partial charge is 0.456 e. The highest BCUT2D eigenvalue weighted by atomic mass is 16.3. The van der Waals surface area contributed by atoms with Crippen molar-refractivity contribution in [1.82, 2.24) is 15.0 Å². The first-order valence-corrected chi connectivity index (χ1v) is 16.7. The lowest BCUT2D eigenvalue weighted by molar-refractivity contribution is 0.669. The Kier molecular flexibility index (Phi) is 4.66. The summed E-state index contributed by atoms with van der Waals surface area (Å²) in [5.41, 5.74) is 0.479. The van der Waals surface area contributed by atoms with Gasteiger partial charge in [-0.1, -0.05) is 145 Å². The Hall–Kier alpha value is -7.37. The van der Waals surface area contributed by atoms with E-state index in [2.05, 4.69) is 0 Å². The molecule has 0 aliphatic heterocycles. The van der Waals surface area contributed by atoms with Crippen LogP contribution in [0.4, 0.5) is 17.1 Å². The van der Waals surface area contributed by atoms with Crippen LogP contribution in [0.2, 0.25) is 0 Å². The second kappa shape index (κ2) is 13.3. The van der Waals surface area contributed by atoms with E-state index in [0.717, 1.165) is 11.1 Å². The third-order valence-electron chi connectivity index (χ3n) is 8.85. The Morgan fingerprint density at radius 1 is 0.426 bits per heavy atom. The zero-order valence-corrected chi connectivity index (χ0v) is 27.9. The average Bonchev–Trinajstić information content (AvgIpc) is 3.76. The van der Waals surface area contributed by atoms with Gasteiger partial charge in [0.05, 0.1) is 27.6 Å². The molecule has 0 unspecified atom stereocenters. The number of furan rings is 1. The molecule has 5 nitrogen and oxygen atoms in total. The Bertz CT molecular complexity index is 3690. The predicted molar refractivity (Wildman–Crippen MR) is 221 cm³/mol. The van der Waals surface area contributed by atoms with Crippen LogP contribution in [0, 0.1) is 0 Å². The number of anilines is 3. The molecular weight excluding hydrogens is 661 g/mol. The first kappa shape index (κ1) is 18.9. The van der Waals surface area contributed by atoms with Crippen molar-refractivity contribution in [3.05, 3.63) is 194 Å². The van der Waals surface area contributed by atoms with Gasteiger partial charge >= 0.3 is 0 Å². The van der Waals surface area contributed by atoms with E-state index in [4.69, 9.17) is 35.8 Å². The molecular formula is C49H32N4O. The summed E-state index contributed by atoms with van der Waals surface area (Å²) in [7, 11) is 0. The number of hydrogen-bond acceptors (Lipinski definition) is 5. The van der Waals surface area contributed by atoms with Gasteiger partial charge in [-0.05, 0) is 64.9 Å². The summed E-state index contributed by atoms with van der Waals surface area (Å²) >= 11 is 0. The standard InChI is InChI=1S/C49H32N4O/c1-5-16-33(17-6-1)47-50-48(34-18-7-2-8-19-34)52-49(51-47)42-26-15-27-44-46(42)41-29-28-35(32-45(41)54-44)38-30-31-43(40-25-14-13-24-39(38)40)53(36-20-9-3-10-21-36)37-22-11-4-12-23-37/h1-32H/i3D,4D,9D,10D,11D,12D,13D,14D,20D,21D,22D,23D,24D,25D,30D,31D. The molecule has 8 aromatic carbocycles. The molecule has 254 valence electrons. The minimum atomic E-state index is -0.929. The smallest absolute Gasteiger partial charge is 0.164 e. The zero-order valence-electron chi connectivity index (χ0n) is 43.9. The maximum Gasteiger partial charge on any atom is 0.164 e. The SMILES string of the molecule is [2H]c1c([2H])c([2H])c(N(c2c([2H])c([2H])c([2H])c([2H])c2[2H])c2c([2H])c([2H])c(-c3ccc4c(c3)oc3cccc(-c5nc(-c6ccccc6)nc(-c6ccccc6)n5)c34)c3c([2H])c([2H])c([2H])c([2H])c23)c([2H])c1[2H]. The second-order valence-electron chi connectivity index (χ2n) is 12.0. The molecule has 0 aliphatic rings. The maximum absolute atomic E-state index is 9.67. The van der Waals surface area contributed by atoms with Crippen molar-refractivity contribution >= 4 is 49.8 Å². The zero-order chi connectivity index (χ0) is 49.8. The van der Waals surface area contributed by atoms with Crippen molar-refractivity contribution in [2.45, 2.75) is 0 Å². The second-order valence-corrected chi connectivity index (χ2v) is 12.0. The van der Waals surface area contributed by atoms with Crippen LogP contribution in [-0.2, 0) is 0 Å². The summed E-state index contributed by atoms with van der Waals surface area (Å²) in [4.78, 5) is 15.3. The molecule has 0 spiro atoms. The monoisotopic (exact) mass is 708 g/mol. The molecule has 0 N–H and O–H groups in total. The van der Waals surface area contributed by atoms with Crippen molar-refractivity contribution < 1.29 is 26.3 Å². The molecule has 2 heterocycles. The molecule has 10 aromatic rings. The van der Waals surface area contributed by atoms with Crippen LogP contribution in [0.25, 0.3) is 78.0 Å². The summed E-state index contributed by atoms with van der Waals surface area (Å²) in [6, 6.07) is 15.6. The van der Waals surface area contributed by atoms with E-state index in [1.54, 1.807) is 30.3 Å². The molecule has 0 aliphatic carbocycles. The molecule has 54 heavy (non-hydrogen) atoms. The Balaban J connectivity index is 1.26. The van der Waals surface area contributed by atoms with Gasteiger partial charge < -0.3 is 9.32 Å². The minimum Gasteiger partial charge on any atom is -0.456 e. The molecule has 10 rings (SSSR count). The highest BCUT2D eigenvalue weighted by Gasteiger charge is 2.20. The lowest BCUT2D eigenvalue weighted by atomic mass is 9.95. The third kappa shape index (κ3) is 5.56. The molecule has 0 amide bonds. The molecule has 2 aromatic heterocycles. The predicted octanol–water partition coefficient (Wildman–Crippen LogP) is 13.1. The van der Waals surface area contributed by atoms with E-state index in [-0.39, 0.29) is 22.1 Å². The lowest BCUT2D eigenvalue weighted by Crippen LogP contribution is -2.10. The van der Waals surface area contributed by atoms with Crippen molar-refractivity contribution in [2.24, 2.45) is 0 Å². The number of hydrogen-bond donors (Lipinski definition) is 0. The van der Waals surface area contributed by atoms with E-state index in [0.29, 0.717) is 44.3 Å². The van der Waals surface area contributed by atoms with Gasteiger partial charge in [0.15, 0.2) is 17.5 Å². The van der Waals surface area contributed by atoms with Crippen LogP contribution in [0.3, 0.4) is 0 Å². The van der Waals surface area contributed by atoms with E-state index >= 15 is 0 Å². The molecule has 0 fully saturated rings. The Morgan fingerprint density at radius 2 is 1.02 bits per heavy atom. The highest BCUT2D eigenvalue weighted by Crippen LogP contribution is 2.43. The van der Waals surface area contributed by atoms with Crippen LogP contribution in [0.5, 0.6) is 0 Å². The number of aromatic nitrogens is 3. The lowest BCUT2D eigenvalue weighted by Gasteiger charge is -2.27. The summed E-state index contributed by atoms with van der Waals surface area (Å²) in [5.74, 6) is 1.21. The van der Waals surface area contributed by atoms with Crippen LogP contribution in [0.1, 0.15) is 21.9 Å². The van der Waals surface area contributed by atoms with Crippen LogP contribution in [0.15, 0.2) is 198 Å². The van der Waals surface area contributed by atoms with Gasteiger partial charge in [-0.2, -0.15) is 0 Å². The first-order chi connectivity index (χ1) is 33.4. The van der Waals surface area contributed by atoms with Crippen molar-refractivity contribution in [3.8, 4) is 45.3 Å². The molecule has 0 saturated carbocycles. The number of rotatable bonds is 7. The number of fused-ring (bicyclic) bond motifs is 4. The van der Waals surface area contributed by atoms with Gasteiger partial charge in [0, 0.05) is 44.2 Å². The first-order valence-electron chi connectivity index (χ1n) is 24.7. The van der Waals surface area contributed by atoms with Gasteiger partial charge in [0.1, 0.15) is 11.2 Å². The van der Waals surface area contributed by atoms with Crippen LogP contribution >= 0.6 is 0 Å². The normalized spacial score (nSPS) is 15.5. The van der Waals surface area contributed by atoms with Gasteiger partial charge in [-0.25, -0.2) is 15.0 Å². The van der Waals surface area contributed by atoms with Gasteiger partial charge in [-0.3, -0.25) is 0 Å². The van der Waals surface area contributed by atoms with Crippen molar-refractivity contribution in [1.29, 1.82) is 0 Å². The maximum atomic E-state index is 9.67. The highest BCUT2D eigenvalue weighted by molar-refractivity contribution is 6.13. The summed E-state index contributed by atoms with van der Waals surface area (Å²) in [6.07, 6.45) is 0. The van der Waals surface area contributed by atoms with Crippen molar-refractivity contribution in [3.63, 3.8) is 0 Å². The Morgan fingerprint density at radius 3 is 1.67 bits per heavy atom. The quantitative estimate of drug-likeness (QED) is 0.165.